The number of carbonyl (C=O) groups excluding carboxylic acids is 2. The number of esters is 2. The van der Waals surface area contributed by atoms with E-state index in [-0.39, 0.29) is 5.57 Å². The molecular weight excluding hydrogens is 272 g/mol. The van der Waals surface area contributed by atoms with Crippen LogP contribution in [0.4, 0.5) is 5.69 Å². The van der Waals surface area contributed by atoms with E-state index in [9.17, 15) is 9.59 Å². The summed E-state index contributed by atoms with van der Waals surface area (Å²) in [7, 11) is 0. The number of nitrogens with one attached hydrogen (secondary N) is 2. The van der Waals surface area contributed by atoms with Crippen molar-refractivity contribution < 1.29 is 19.1 Å². The molecule has 1 saturated heterocycles. The normalized spacial score (nSPS) is 19.6. The molecule has 0 radical (unpaired) electrons. The molecule has 0 amide bonds. The lowest BCUT2D eigenvalue weighted by molar-refractivity contribution is -0.222. The minimum Gasteiger partial charge on any atom is -0.419 e. The van der Waals surface area contributed by atoms with Crippen LogP contribution >= 0.6 is 0 Å². The molecule has 0 aromatic heterocycles. The van der Waals surface area contributed by atoms with Crippen molar-refractivity contribution in [3.8, 4) is 0 Å². The molecule has 3 rings (SSSR count). The van der Waals surface area contributed by atoms with Gasteiger partial charge in [0.1, 0.15) is 0 Å². The predicted octanol–water partition coefficient (Wildman–Crippen LogP) is 1.42. The summed E-state index contributed by atoms with van der Waals surface area (Å²) in [4.78, 5) is 23.6. The lowest BCUT2D eigenvalue weighted by atomic mass is 10.1. The van der Waals surface area contributed by atoms with Crippen LogP contribution in [0, 0.1) is 0 Å². The van der Waals surface area contributed by atoms with Gasteiger partial charge < -0.3 is 20.1 Å². The van der Waals surface area contributed by atoms with Gasteiger partial charge in [-0.15, -0.1) is 0 Å². The van der Waals surface area contributed by atoms with Gasteiger partial charge in [0, 0.05) is 38.8 Å². The Hall–Kier alpha value is -2.34. The third kappa shape index (κ3) is 2.75. The Morgan fingerprint density at radius 3 is 2.52 bits per heavy atom. The van der Waals surface area contributed by atoms with E-state index >= 15 is 0 Å². The summed E-state index contributed by atoms with van der Waals surface area (Å²) in [6, 6.07) is 5.89. The van der Waals surface area contributed by atoms with Crippen molar-refractivity contribution in [3.63, 3.8) is 0 Å². The number of rotatable bonds is 2. The second kappa shape index (κ2) is 4.89. The van der Waals surface area contributed by atoms with E-state index in [2.05, 4.69) is 10.6 Å². The number of carbonyl (C=O) groups is 2. The summed E-state index contributed by atoms with van der Waals surface area (Å²) in [6.07, 6.45) is 1.32. The zero-order valence-electron chi connectivity index (χ0n) is 11.9. The number of hydrogen-bond donors (Lipinski definition) is 2. The van der Waals surface area contributed by atoms with E-state index < -0.39 is 17.7 Å². The zero-order chi connectivity index (χ0) is 15.0. The smallest absolute Gasteiger partial charge is 0.350 e. The molecule has 2 aliphatic rings. The topological polar surface area (TPSA) is 76.7 Å². The summed E-state index contributed by atoms with van der Waals surface area (Å²) >= 11 is 0. The first-order valence-electron chi connectivity index (χ1n) is 6.70. The van der Waals surface area contributed by atoms with Gasteiger partial charge in [-0.05, 0) is 23.3 Å². The molecule has 1 fully saturated rings. The van der Waals surface area contributed by atoms with Crippen molar-refractivity contribution >= 4 is 17.6 Å². The molecule has 0 atom stereocenters. The van der Waals surface area contributed by atoms with Gasteiger partial charge in [0.15, 0.2) is 5.57 Å². The molecule has 0 aliphatic carbocycles. The maximum atomic E-state index is 11.8. The van der Waals surface area contributed by atoms with Crippen LogP contribution in [0.2, 0.25) is 0 Å². The van der Waals surface area contributed by atoms with Gasteiger partial charge in [-0.25, -0.2) is 9.59 Å². The van der Waals surface area contributed by atoms with E-state index in [0.29, 0.717) is 0 Å². The minimum absolute atomic E-state index is 0.145. The third-order valence-corrected chi connectivity index (χ3v) is 3.34. The molecule has 6 heteroatoms. The Bertz CT molecular complexity index is 627. The first kappa shape index (κ1) is 13.6. The molecule has 2 aliphatic heterocycles. The summed E-state index contributed by atoms with van der Waals surface area (Å²) in [5.41, 5.74) is 3.11. The van der Waals surface area contributed by atoms with Crippen LogP contribution < -0.4 is 10.6 Å². The van der Waals surface area contributed by atoms with Gasteiger partial charge in [-0.1, -0.05) is 6.07 Å². The maximum absolute atomic E-state index is 11.8. The summed E-state index contributed by atoms with van der Waals surface area (Å²) in [6.45, 7) is 4.71. The van der Waals surface area contributed by atoms with Gasteiger partial charge in [-0.2, -0.15) is 0 Å². The van der Waals surface area contributed by atoms with Crippen LogP contribution in [0.5, 0.6) is 0 Å². The number of ether oxygens (including phenoxy) is 2. The van der Waals surface area contributed by atoms with Gasteiger partial charge in [0.2, 0.25) is 0 Å². The molecule has 21 heavy (non-hydrogen) atoms. The Morgan fingerprint density at radius 1 is 1.14 bits per heavy atom. The van der Waals surface area contributed by atoms with Crippen LogP contribution in [0.15, 0.2) is 30.0 Å². The Balaban J connectivity index is 1.77. The van der Waals surface area contributed by atoms with Crippen LogP contribution in [0.1, 0.15) is 25.0 Å². The van der Waals surface area contributed by atoms with Crippen molar-refractivity contribution in [2.45, 2.75) is 32.7 Å². The largest absolute Gasteiger partial charge is 0.419 e. The van der Waals surface area contributed by atoms with Crippen molar-refractivity contribution in [2.75, 3.05) is 5.32 Å². The number of benzene rings is 1. The average molecular weight is 288 g/mol. The Morgan fingerprint density at radius 2 is 1.81 bits per heavy atom. The molecule has 0 bridgehead atoms. The fourth-order valence-corrected chi connectivity index (χ4v) is 2.32. The number of anilines is 1. The second-order valence-electron chi connectivity index (χ2n) is 5.47. The SMILES string of the molecule is CC1(C)OC(=O)C(=CNc2ccc3c(c2)CNC3)C(=O)O1. The van der Waals surface area contributed by atoms with Crippen LogP contribution in [0.3, 0.4) is 0 Å². The van der Waals surface area contributed by atoms with E-state index in [1.54, 1.807) is 0 Å². The first-order chi connectivity index (χ1) is 9.94. The van der Waals surface area contributed by atoms with Crippen molar-refractivity contribution in [1.29, 1.82) is 0 Å². The molecule has 110 valence electrons. The van der Waals surface area contributed by atoms with Gasteiger partial charge in [-0.3, -0.25) is 0 Å². The number of hydrogen-bond acceptors (Lipinski definition) is 6. The highest BCUT2D eigenvalue weighted by Gasteiger charge is 2.38. The van der Waals surface area contributed by atoms with Crippen LogP contribution in [-0.4, -0.2) is 17.7 Å². The Labute approximate surface area is 122 Å². The van der Waals surface area contributed by atoms with Crippen molar-refractivity contribution in [1.82, 2.24) is 5.32 Å². The molecule has 2 N–H and O–H groups in total. The molecule has 1 aromatic carbocycles. The summed E-state index contributed by atoms with van der Waals surface area (Å²) in [5, 5.41) is 6.19. The van der Waals surface area contributed by atoms with Crippen LogP contribution in [-0.2, 0) is 32.2 Å². The fraction of sp³-hybridized carbons (Fsp3) is 0.333. The molecule has 2 heterocycles. The summed E-state index contributed by atoms with van der Waals surface area (Å²) in [5.74, 6) is -2.59. The van der Waals surface area contributed by atoms with Crippen LogP contribution in [0.25, 0.3) is 0 Å². The average Bonchev–Trinajstić information content (AvgIpc) is 2.83. The van der Waals surface area contributed by atoms with Gasteiger partial charge in [0.25, 0.3) is 5.79 Å². The maximum Gasteiger partial charge on any atom is 0.350 e. The van der Waals surface area contributed by atoms with Crippen molar-refractivity contribution in [3.05, 3.63) is 41.1 Å². The third-order valence-electron chi connectivity index (χ3n) is 3.34. The molecular formula is C15H16N2O4. The standard InChI is InChI=1S/C15H16N2O4/c1-15(2)20-13(18)12(14(19)21-15)8-17-11-4-3-9-6-16-7-10(9)5-11/h3-5,8,16-17H,6-7H2,1-2H3. The van der Waals surface area contributed by atoms with Crippen molar-refractivity contribution in [2.24, 2.45) is 0 Å². The molecule has 0 saturated carbocycles. The Kier molecular flexibility index (Phi) is 3.17. The monoisotopic (exact) mass is 288 g/mol. The first-order valence-corrected chi connectivity index (χ1v) is 6.70. The molecule has 6 nitrogen and oxygen atoms in total. The highest BCUT2D eigenvalue weighted by molar-refractivity contribution is 6.15. The quantitative estimate of drug-likeness (QED) is 0.487. The van der Waals surface area contributed by atoms with E-state index in [0.717, 1.165) is 18.8 Å². The highest BCUT2D eigenvalue weighted by Crippen LogP contribution is 2.24. The van der Waals surface area contributed by atoms with Gasteiger partial charge in [0.05, 0.1) is 0 Å². The van der Waals surface area contributed by atoms with Gasteiger partial charge >= 0.3 is 11.9 Å². The predicted molar refractivity (Wildman–Crippen MR) is 75.0 cm³/mol. The zero-order valence-corrected chi connectivity index (χ0v) is 11.9. The molecule has 0 unspecified atom stereocenters. The minimum atomic E-state index is -1.22. The lowest BCUT2D eigenvalue weighted by Gasteiger charge is -2.29. The number of fused-ring (bicyclic) bond motifs is 1. The lowest BCUT2D eigenvalue weighted by Crippen LogP contribution is -2.42. The molecule has 0 spiro atoms. The van der Waals surface area contributed by atoms with E-state index in [1.807, 2.05) is 18.2 Å². The highest BCUT2D eigenvalue weighted by atomic mass is 16.7. The summed E-state index contributed by atoms with van der Waals surface area (Å²) < 4.78 is 10.0. The van der Waals surface area contributed by atoms with E-state index in [1.165, 1.54) is 31.2 Å². The molecule has 1 aromatic rings. The number of cyclic esters (lactones) is 2. The second-order valence-corrected chi connectivity index (χ2v) is 5.47. The van der Waals surface area contributed by atoms with E-state index in [4.69, 9.17) is 9.47 Å². The fourth-order valence-electron chi connectivity index (χ4n) is 2.32.